The van der Waals surface area contributed by atoms with Crippen LogP contribution in [0.5, 0.6) is 0 Å². The zero-order valence-electron chi connectivity index (χ0n) is 19.9. The molecule has 1 saturated heterocycles. The van der Waals surface area contributed by atoms with Crippen molar-refractivity contribution in [3.05, 3.63) is 84.4 Å². The highest BCUT2D eigenvalue weighted by Gasteiger charge is 2.26. The smallest absolute Gasteiger partial charge is 0.251 e. The van der Waals surface area contributed by atoms with E-state index in [1.165, 1.54) is 21.3 Å². The molecule has 0 aliphatic carbocycles. The van der Waals surface area contributed by atoms with Gasteiger partial charge in [0, 0.05) is 46.7 Å². The minimum Gasteiger partial charge on any atom is -0.354 e. The molecule has 2 N–H and O–H groups in total. The Morgan fingerprint density at radius 1 is 0.889 bits per heavy atom. The molecule has 1 aromatic heterocycles. The number of nitrogens with one attached hydrogen (secondary N) is 2. The van der Waals surface area contributed by atoms with Crippen molar-refractivity contribution in [2.75, 3.05) is 25.4 Å². The SMILES string of the molecule is O=C(NCCSc1c(-c2ccccc2)[nH]c2ccccc12)c1ccc(S(=O)(=O)N2CCCCC2)cc1. The van der Waals surface area contributed by atoms with E-state index in [1.54, 1.807) is 23.9 Å². The summed E-state index contributed by atoms with van der Waals surface area (Å²) in [5.74, 6) is 0.495. The molecule has 0 bridgehead atoms. The third kappa shape index (κ3) is 5.21. The van der Waals surface area contributed by atoms with Crippen LogP contribution in [0.15, 0.2) is 88.7 Å². The zero-order valence-corrected chi connectivity index (χ0v) is 21.6. The monoisotopic (exact) mass is 519 g/mol. The molecule has 0 unspecified atom stereocenters. The van der Waals surface area contributed by atoms with Crippen LogP contribution in [-0.2, 0) is 10.0 Å². The van der Waals surface area contributed by atoms with E-state index in [0.29, 0.717) is 31.0 Å². The predicted octanol–water partition coefficient (Wildman–Crippen LogP) is 5.53. The van der Waals surface area contributed by atoms with Crippen molar-refractivity contribution in [2.24, 2.45) is 0 Å². The fraction of sp³-hybridized carbons (Fsp3) is 0.250. The van der Waals surface area contributed by atoms with Crippen LogP contribution in [0.25, 0.3) is 22.2 Å². The van der Waals surface area contributed by atoms with Crippen molar-refractivity contribution in [3.63, 3.8) is 0 Å². The summed E-state index contributed by atoms with van der Waals surface area (Å²) in [6, 6.07) is 24.7. The highest BCUT2D eigenvalue weighted by Crippen LogP contribution is 2.37. The van der Waals surface area contributed by atoms with E-state index in [-0.39, 0.29) is 10.8 Å². The maximum atomic E-state index is 12.8. The average Bonchev–Trinajstić information content (AvgIpc) is 3.30. The Morgan fingerprint density at radius 3 is 2.33 bits per heavy atom. The van der Waals surface area contributed by atoms with Crippen LogP contribution in [0.2, 0.25) is 0 Å². The Hall–Kier alpha value is -3.07. The van der Waals surface area contributed by atoms with Crippen molar-refractivity contribution >= 4 is 38.6 Å². The minimum atomic E-state index is -3.50. The maximum absolute atomic E-state index is 12.8. The molecule has 1 amide bonds. The second-order valence-corrected chi connectivity index (χ2v) is 11.9. The lowest BCUT2D eigenvalue weighted by atomic mass is 10.1. The number of fused-ring (bicyclic) bond motifs is 1. The summed E-state index contributed by atoms with van der Waals surface area (Å²) >= 11 is 1.71. The van der Waals surface area contributed by atoms with E-state index in [9.17, 15) is 13.2 Å². The maximum Gasteiger partial charge on any atom is 0.251 e. The third-order valence-corrected chi connectivity index (χ3v) is 9.46. The number of sulfonamides is 1. The number of H-pyrrole nitrogens is 1. The number of nitrogens with zero attached hydrogens (tertiary/aromatic N) is 1. The van der Waals surface area contributed by atoms with Gasteiger partial charge in [0.15, 0.2) is 0 Å². The summed E-state index contributed by atoms with van der Waals surface area (Å²) in [7, 11) is -3.50. The van der Waals surface area contributed by atoms with Crippen LogP contribution in [-0.4, -0.2) is 49.0 Å². The first-order chi connectivity index (χ1) is 17.5. The van der Waals surface area contributed by atoms with Crippen molar-refractivity contribution in [1.29, 1.82) is 0 Å². The van der Waals surface area contributed by atoms with Crippen LogP contribution in [0.4, 0.5) is 0 Å². The molecule has 186 valence electrons. The van der Waals surface area contributed by atoms with Crippen molar-refractivity contribution in [2.45, 2.75) is 29.1 Å². The molecule has 1 fully saturated rings. The number of benzene rings is 3. The highest BCUT2D eigenvalue weighted by molar-refractivity contribution is 7.99. The third-order valence-electron chi connectivity index (χ3n) is 6.42. The molecule has 2 heterocycles. The van der Waals surface area contributed by atoms with Gasteiger partial charge in [-0.15, -0.1) is 11.8 Å². The van der Waals surface area contributed by atoms with E-state index >= 15 is 0 Å². The molecule has 0 radical (unpaired) electrons. The second-order valence-electron chi connectivity index (χ2n) is 8.83. The van der Waals surface area contributed by atoms with Gasteiger partial charge in [-0.25, -0.2) is 8.42 Å². The number of piperidine rings is 1. The predicted molar refractivity (Wildman–Crippen MR) is 146 cm³/mol. The first-order valence-electron chi connectivity index (χ1n) is 12.2. The molecule has 5 rings (SSSR count). The number of carbonyl (C=O) groups excluding carboxylic acids is 1. The number of amides is 1. The van der Waals surface area contributed by atoms with Gasteiger partial charge in [-0.2, -0.15) is 4.31 Å². The number of hydrogen-bond acceptors (Lipinski definition) is 4. The van der Waals surface area contributed by atoms with Gasteiger partial charge in [-0.1, -0.05) is 55.0 Å². The van der Waals surface area contributed by atoms with E-state index in [0.717, 1.165) is 41.4 Å². The Labute approximate surface area is 216 Å². The van der Waals surface area contributed by atoms with Crippen LogP contribution in [0, 0.1) is 0 Å². The summed E-state index contributed by atoms with van der Waals surface area (Å²) in [5.41, 5.74) is 3.75. The fourth-order valence-corrected chi connectivity index (χ4v) is 7.10. The lowest BCUT2D eigenvalue weighted by Gasteiger charge is -2.25. The van der Waals surface area contributed by atoms with Crippen LogP contribution >= 0.6 is 11.8 Å². The molecule has 6 nitrogen and oxygen atoms in total. The summed E-state index contributed by atoms with van der Waals surface area (Å²) < 4.78 is 27.2. The molecule has 0 atom stereocenters. The normalized spacial score (nSPS) is 14.7. The lowest BCUT2D eigenvalue weighted by molar-refractivity contribution is 0.0956. The fourth-order valence-electron chi connectivity index (χ4n) is 4.53. The van der Waals surface area contributed by atoms with E-state index in [1.807, 2.05) is 30.3 Å². The summed E-state index contributed by atoms with van der Waals surface area (Å²) in [6.07, 6.45) is 2.85. The van der Waals surface area contributed by atoms with Crippen molar-refractivity contribution in [3.8, 4) is 11.3 Å². The quantitative estimate of drug-likeness (QED) is 0.237. The summed E-state index contributed by atoms with van der Waals surface area (Å²) in [6.45, 7) is 1.61. The van der Waals surface area contributed by atoms with Gasteiger partial charge in [-0.3, -0.25) is 4.79 Å². The van der Waals surface area contributed by atoms with E-state index in [4.69, 9.17) is 0 Å². The standard InChI is InChI=1S/C28H29N3O3S2/c32-28(22-13-15-23(16-14-22)36(33,34)31-18-7-2-8-19-31)29-17-20-35-27-24-11-5-6-12-25(24)30-26(27)21-9-3-1-4-10-21/h1,3-6,9-16,30H,2,7-8,17-20H2,(H,29,32). The number of hydrogen-bond donors (Lipinski definition) is 2. The van der Waals surface area contributed by atoms with Gasteiger partial charge in [0.1, 0.15) is 0 Å². The number of carbonyl (C=O) groups is 1. The second kappa shape index (κ2) is 10.9. The molecule has 0 saturated carbocycles. The Bertz CT molecular complexity index is 1440. The van der Waals surface area contributed by atoms with Crippen molar-refractivity contribution in [1.82, 2.24) is 14.6 Å². The molecule has 36 heavy (non-hydrogen) atoms. The first kappa shape index (κ1) is 24.6. The molecular formula is C28H29N3O3S2. The molecule has 1 aliphatic heterocycles. The largest absolute Gasteiger partial charge is 0.354 e. The molecular weight excluding hydrogens is 490 g/mol. The first-order valence-corrected chi connectivity index (χ1v) is 14.6. The van der Waals surface area contributed by atoms with Gasteiger partial charge >= 0.3 is 0 Å². The summed E-state index contributed by atoms with van der Waals surface area (Å²) in [4.78, 5) is 17.6. The minimum absolute atomic E-state index is 0.209. The van der Waals surface area contributed by atoms with Gasteiger partial charge in [-0.05, 0) is 48.7 Å². The Balaban J connectivity index is 1.21. The number of rotatable bonds is 8. The molecule has 4 aromatic rings. The van der Waals surface area contributed by atoms with Crippen LogP contribution < -0.4 is 5.32 Å². The molecule has 8 heteroatoms. The van der Waals surface area contributed by atoms with Gasteiger partial charge < -0.3 is 10.3 Å². The van der Waals surface area contributed by atoms with Crippen LogP contribution in [0.3, 0.4) is 0 Å². The summed E-state index contributed by atoms with van der Waals surface area (Å²) in [5, 5.41) is 4.13. The van der Waals surface area contributed by atoms with Gasteiger partial charge in [0.05, 0.1) is 10.6 Å². The molecule has 1 aliphatic rings. The topological polar surface area (TPSA) is 82.3 Å². The number of para-hydroxylation sites is 1. The van der Waals surface area contributed by atoms with Gasteiger partial charge in [0.2, 0.25) is 10.0 Å². The Kier molecular flexibility index (Phi) is 7.46. The van der Waals surface area contributed by atoms with Gasteiger partial charge in [0.25, 0.3) is 5.91 Å². The molecule has 3 aromatic carbocycles. The zero-order chi connectivity index (χ0) is 25.0. The number of thioether (sulfide) groups is 1. The van der Waals surface area contributed by atoms with Crippen LogP contribution in [0.1, 0.15) is 29.6 Å². The highest BCUT2D eigenvalue weighted by atomic mass is 32.2. The number of aromatic amines is 1. The molecule has 0 spiro atoms. The van der Waals surface area contributed by atoms with Crippen molar-refractivity contribution < 1.29 is 13.2 Å². The van der Waals surface area contributed by atoms with E-state index in [2.05, 4.69) is 34.6 Å². The Morgan fingerprint density at radius 2 is 1.58 bits per heavy atom. The average molecular weight is 520 g/mol. The number of aromatic nitrogens is 1. The lowest BCUT2D eigenvalue weighted by Crippen LogP contribution is -2.35. The van der Waals surface area contributed by atoms with E-state index < -0.39 is 10.0 Å².